The molecule has 0 radical (unpaired) electrons. The van der Waals surface area contributed by atoms with Crippen LogP contribution in [0.15, 0.2) is 60.8 Å². The quantitative estimate of drug-likeness (QED) is 0.568. The van der Waals surface area contributed by atoms with Gasteiger partial charge in [-0.15, -0.1) is 0 Å². The van der Waals surface area contributed by atoms with Crippen LogP contribution in [-0.2, 0) is 0 Å². The van der Waals surface area contributed by atoms with Gasteiger partial charge in [0.05, 0.1) is 0 Å². The summed E-state index contributed by atoms with van der Waals surface area (Å²) >= 11 is 0. The monoisotopic (exact) mass is 288 g/mol. The lowest BCUT2D eigenvalue weighted by Gasteiger charge is -2.00. The van der Waals surface area contributed by atoms with E-state index >= 15 is 0 Å². The van der Waals surface area contributed by atoms with Crippen LogP contribution in [-0.4, -0.2) is 26.2 Å². The standard InChI is InChI=1S/C17H12N4O/c22-17(11-6-2-1-3-7-11)16-15(19-21-20-16)13-10-18-14-9-5-4-8-12(13)14/h1-10,18H,(H,19,20,21). The Kier molecular flexibility index (Phi) is 2.83. The van der Waals surface area contributed by atoms with Crippen molar-refractivity contribution in [3.05, 3.63) is 72.1 Å². The summed E-state index contributed by atoms with van der Waals surface area (Å²) in [6.45, 7) is 0. The van der Waals surface area contributed by atoms with Crippen LogP contribution in [0.4, 0.5) is 0 Å². The van der Waals surface area contributed by atoms with Crippen LogP contribution in [0, 0.1) is 0 Å². The minimum Gasteiger partial charge on any atom is -0.360 e. The van der Waals surface area contributed by atoms with Crippen LogP contribution in [0.25, 0.3) is 22.2 Å². The summed E-state index contributed by atoms with van der Waals surface area (Å²) in [6.07, 6.45) is 1.85. The predicted octanol–water partition coefficient (Wildman–Crippen LogP) is 3.18. The Morgan fingerprint density at radius 2 is 1.68 bits per heavy atom. The van der Waals surface area contributed by atoms with Gasteiger partial charge in [-0.25, -0.2) is 0 Å². The third-order valence-electron chi connectivity index (χ3n) is 3.64. The SMILES string of the molecule is O=C(c1ccccc1)c1n[nH]nc1-c1c[nH]c2ccccc12. The summed E-state index contributed by atoms with van der Waals surface area (Å²) in [5.74, 6) is -0.144. The van der Waals surface area contributed by atoms with Crippen molar-refractivity contribution < 1.29 is 4.79 Å². The van der Waals surface area contributed by atoms with Gasteiger partial charge in [0.15, 0.2) is 5.69 Å². The van der Waals surface area contributed by atoms with Gasteiger partial charge in [0.25, 0.3) is 0 Å². The van der Waals surface area contributed by atoms with Crippen molar-refractivity contribution in [3.8, 4) is 11.3 Å². The van der Waals surface area contributed by atoms with E-state index < -0.39 is 0 Å². The number of rotatable bonds is 3. The average molecular weight is 288 g/mol. The van der Waals surface area contributed by atoms with Crippen molar-refractivity contribution in [3.63, 3.8) is 0 Å². The Bertz CT molecular complexity index is 953. The van der Waals surface area contributed by atoms with E-state index in [0.717, 1.165) is 16.5 Å². The Morgan fingerprint density at radius 1 is 0.909 bits per heavy atom. The zero-order chi connectivity index (χ0) is 14.9. The number of H-pyrrole nitrogens is 2. The molecule has 0 saturated heterocycles. The molecule has 22 heavy (non-hydrogen) atoms. The highest BCUT2D eigenvalue weighted by Crippen LogP contribution is 2.29. The van der Waals surface area contributed by atoms with Crippen LogP contribution in [0.5, 0.6) is 0 Å². The van der Waals surface area contributed by atoms with Crippen LogP contribution in [0.2, 0.25) is 0 Å². The fourth-order valence-corrected chi connectivity index (χ4v) is 2.57. The van der Waals surface area contributed by atoms with Gasteiger partial charge in [-0.05, 0) is 6.07 Å². The highest BCUT2D eigenvalue weighted by atomic mass is 16.1. The number of aromatic amines is 2. The molecule has 5 heteroatoms. The Labute approximate surface area is 126 Å². The molecule has 0 aliphatic carbocycles. The molecule has 2 N–H and O–H groups in total. The number of carbonyl (C=O) groups excluding carboxylic acids is 1. The molecule has 0 aliphatic heterocycles. The highest BCUT2D eigenvalue weighted by molar-refractivity contribution is 6.12. The molecule has 0 aliphatic rings. The maximum atomic E-state index is 12.6. The van der Waals surface area contributed by atoms with E-state index in [4.69, 9.17) is 0 Å². The first-order valence-electron chi connectivity index (χ1n) is 6.91. The molecule has 2 heterocycles. The van der Waals surface area contributed by atoms with E-state index in [9.17, 15) is 4.79 Å². The smallest absolute Gasteiger partial charge is 0.215 e. The van der Waals surface area contributed by atoms with Gasteiger partial charge in [0, 0.05) is 28.2 Å². The average Bonchev–Trinajstić information content (AvgIpc) is 3.21. The normalized spacial score (nSPS) is 10.9. The summed E-state index contributed by atoms with van der Waals surface area (Å²) in [6, 6.07) is 17.0. The molecule has 0 fully saturated rings. The number of fused-ring (bicyclic) bond motifs is 1. The highest BCUT2D eigenvalue weighted by Gasteiger charge is 2.21. The van der Waals surface area contributed by atoms with Crippen molar-refractivity contribution in [1.29, 1.82) is 0 Å². The molecular formula is C17H12N4O. The van der Waals surface area contributed by atoms with E-state index in [-0.39, 0.29) is 5.78 Å². The predicted molar refractivity (Wildman–Crippen MR) is 83.5 cm³/mol. The minimum atomic E-state index is -0.144. The maximum absolute atomic E-state index is 12.6. The van der Waals surface area contributed by atoms with E-state index in [1.54, 1.807) is 12.1 Å². The molecule has 4 rings (SSSR count). The van der Waals surface area contributed by atoms with Gasteiger partial charge in [0.2, 0.25) is 5.78 Å². The third kappa shape index (κ3) is 1.91. The van der Waals surface area contributed by atoms with E-state index in [2.05, 4.69) is 20.4 Å². The molecule has 5 nitrogen and oxygen atoms in total. The van der Waals surface area contributed by atoms with Crippen molar-refractivity contribution in [2.75, 3.05) is 0 Å². The minimum absolute atomic E-state index is 0.144. The van der Waals surface area contributed by atoms with Gasteiger partial charge >= 0.3 is 0 Å². The van der Waals surface area contributed by atoms with Crippen LogP contribution < -0.4 is 0 Å². The van der Waals surface area contributed by atoms with E-state index in [1.807, 2.05) is 48.7 Å². The number of benzene rings is 2. The topological polar surface area (TPSA) is 74.4 Å². The lowest BCUT2D eigenvalue weighted by Crippen LogP contribution is -2.03. The first-order chi connectivity index (χ1) is 10.8. The molecule has 4 aromatic rings. The lowest BCUT2D eigenvalue weighted by atomic mass is 10.0. The first-order valence-corrected chi connectivity index (χ1v) is 6.91. The van der Waals surface area contributed by atoms with Crippen molar-refractivity contribution in [2.45, 2.75) is 0 Å². The second kappa shape index (κ2) is 4.96. The fourth-order valence-electron chi connectivity index (χ4n) is 2.57. The molecule has 0 amide bonds. The molecular weight excluding hydrogens is 276 g/mol. The van der Waals surface area contributed by atoms with Crippen molar-refractivity contribution >= 4 is 16.7 Å². The number of hydrogen-bond donors (Lipinski definition) is 2. The summed E-state index contributed by atoms with van der Waals surface area (Å²) in [5, 5.41) is 11.8. The Balaban J connectivity index is 1.85. The van der Waals surface area contributed by atoms with Gasteiger partial charge in [-0.1, -0.05) is 48.5 Å². The number of hydrogen-bond acceptors (Lipinski definition) is 3. The number of carbonyl (C=O) groups is 1. The van der Waals surface area contributed by atoms with Crippen LogP contribution in [0.1, 0.15) is 16.1 Å². The Hall–Kier alpha value is -3.21. The van der Waals surface area contributed by atoms with Crippen molar-refractivity contribution in [2.24, 2.45) is 0 Å². The number of para-hydroxylation sites is 1. The molecule has 2 aromatic heterocycles. The second-order valence-corrected chi connectivity index (χ2v) is 4.96. The third-order valence-corrected chi connectivity index (χ3v) is 3.64. The summed E-state index contributed by atoms with van der Waals surface area (Å²) in [7, 11) is 0. The maximum Gasteiger partial charge on any atom is 0.215 e. The lowest BCUT2D eigenvalue weighted by molar-refractivity contribution is 0.103. The van der Waals surface area contributed by atoms with Gasteiger partial charge < -0.3 is 4.98 Å². The summed E-state index contributed by atoms with van der Waals surface area (Å²) in [5.41, 5.74) is 3.35. The van der Waals surface area contributed by atoms with Crippen molar-refractivity contribution in [1.82, 2.24) is 20.4 Å². The van der Waals surface area contributed by atoms with Crippen LogP contribution >= 0.6 is 0 Å². The molecule has 0 spiro atoms. The summed E-state index contributed by atoms with van der Waals surface area (Å²) < 4.78 is 0. The molecule has 0 bridgehead atoms. The zero-order valence-electron chi connectivity index (χ0n) is 11.6. The molecule has 0 atom stereocenters. The number of ketones is 1. The molecule has 106 valence electrons. The largest absolute Gasteiger partial charge is 0.360 e. The zero-order valence-corrected chi connectivity index (χ0v) is 11.6. The first kappa shape index (κ1) is 12.5. The number of aromatic nitrogens is 4. The van der Waals surface area contributed by atoms with E-state index in [0.29, 0.717) is 17.0 Å². The molecule has 0 unspecified atom stereocenters. The van der Waals surface area contributed by atoms with Gasteiger partial charge in [0.1, 0.15) is 5.69 Å². The van der Waals surface area contributed by atoms with Crippen LogP contribution in [0.3, 0.4) is 0 Å². The van der Waals surface area contributed by atoms with Gasteiger partial charge in [-0.2, -0.15) is 15.4 Å². The number of nitrogens with zero attached hydrogens (tertiary/aromatic N) is 2. The molecule has 0 saturated carbocycles. The Morgan fingerprint density at radius 3 is 2.55 bits per heavy atom. The molecule has 2 aromatic carbocycles. The fraction of sp³-hybridized carbons (Fsp3) is 0. The van der Waals surface area contributed by atoms with E-state index in [1.165, 1.54) is 0 Å². The van der Waals surface area contributed by atoms with Gasteiger partial charge in [-0.3, -0.25) is 4.79 Å². The second-order valence-electron chi connectivity index (χ2n) is 4.96. The number of nitrogens with one attached hydrogen (secondary N) is 2. The summed E-state index contributed by atoms with van der Waals surface area (Å²) in [4.78, 5) is 15.8.